The monoisotopic (exact) mass is 284 g/mol. The summed E-state index contributed by atoms with van der Waals surface area (Å²) in [5.74, 6) is -0.344. The van der Waals surface area contributed by atoms with E-state index in [1.807, 2.05) is 6.07 Å². The lowest BCUT2D eigenvalue weighted by Crippen LogP contribution is -2.60. The summed E-state index contributed by atoms with van der Waals surface area (Å²) in [4.78, 5) is 2.51. The summed E-state index contributed by atoms with van der Waals surface area (Å²) < 4.78 is 13.2. The van der Waals surface area contributed by atoms with Gasteiger partial charge in [0.2, 0.25) is 0 Å². The van der Waals surface area contributed by atoms with Crippen LogP contribution >= 0.6 is 11.6 Å². The van der Waals surface area contributed by atoms with Crippen molar-refractivity contribution in [3.63, 3.8) is 0 Å². The van der Waals surface area contributed by atoms with Gasteiger partial charge in [0.05, 0.1) is 5.02 Å². The minimum atomic E-state index is -0.344. The van der Waals surface area contributed by atoms with Crippen molar-refractivity contribution >= 4 is 11.6 Å². The molecule has 0 amide bonds. The molecule has 19 heavy (non-hydrogen) atoms. The van der Waals surface area contributed by atoms with Crippen LogP contribution in [0.25, 0.3) is 0 Å². The molecule has 0 bridgehead atoms. The molecule has 0 radical (unpaired) electrons. The molecule has 2 nitrogen and oxygen atoms in total. The molecule has 4 heteroatoms. The Morgan fingerprint density at radius 1 is 1.37 bits per heavy atom. The maximum atomic E-state index is 13.2. The maximum absolute atomic E-state index is 13.2. The normalized spacial score (nSPS) is 19.6. The summed E-state index contributed by atoms with van der Waals surface area (Å²) in [6.45, 7) is 8.37. The molecule has 1 aromatic rings. The molecule has 1 heterocycles. The van der Waals surface area contributed by atoms with Crippen molar-refractivity contribution in [1.29, 1.82) is 0 Å². The number of benzene rings is 1. The number of halogens is 2. The fourth-order valence-electron chi connectivity index (χ4n) is 2.94. The molecule has 1 saturated heterocycles. The van der Waals surface area contributed by atoms with Crippen LogP contribution in [0.5, 0.6) is 0 Å². The van der Waals surface area contributed by atoms with Crippen LogP contribution in [-0.4, -0.2) is 30.1 Å². The Morgan fingerprint density at radius 2 is 2.11 bits per heavy atom. The Bertz CT molecular complexity index is 432. The third-order valence-electron chi connectivity index (χ3n) is 4.36. The average molecular weight is 285 g/mol. The predicted octanol–water partition coefficient (Wildman–Crippen LogP) is 3.44. The molecule has 106 valence electrons. The molecule has 0 aromatic heterocycles. The van der Waals surface area contributed by atoms with Crippen molar-refractivity contribution in [3.05, 3.63) is 34.6 Å². The predicted molar refractivity (Wildman–Crippen MR) is 78.0 cm³/mol. The zero-order chi connectivity index (χ0) is 13.9. The first-order chi connectivity index (χ1) is 9.11. The van der Waals surface area contributed by atoms with Gasteiger partial charge < -0.3 is 5.32 Å². The quantitative estimate of drug-likeness (QED) is 0.911. The first-order valence-electron chi connectivity index (χ1n) is 7.01. The van der Waals surface area contributed by atoms with Crippen LogP contribution in [0.3, 0.4) is 0 Å². The second-order valence-electron chi connectivity index (χ2n) is 5.28. The van der Waals surface area contributed by atoms with Gasteiger partial charge in [-0.25, -0.2) is 4.39 Å². The van der Waals surface area contributed by atoms with Crippen molar-refractivity contribution in [2.45, 2.75) is 38.8 Å². The van der Waals surface area contributed by atoms with E-state index < -0.39 is 0 Å². The van der Waals surface area contributed by atoms with Crippen LogP contribution in [0, 0.1) is 5.82 Å². The Labute approximate surface area is 119 Å². The Balaban J connectivity index is 2.17. The Morgan fingerprint density at radius 3 is 2.74 bits per heavy atom. The molecule has 0 aliphatic carbocycles. The smallest absolute Gasteiger partial charge is 0.141 e. The standard InChI is InChI=1S/C15H22ClFN2/c1-3-15(4-2)11-18-7-8-19(15)10-12-5-6-14(17)13(16)9-12/h5-6,9,18H,3-4,7-8,10-11H2,1-2H3. The molecule has 2 rings (SSSR count). The largest absolute Gasteiger partial charge is 0.314 e. The van der Waals surface area contributed by atoms with E-state index in [9.17, 15) is 4.39 Å². The summed E-state index contributed by atoms with van der Waals surface area (Å²) in [7, 11) is 0. The van der Waals surface area contributed by atoms with Gasteiger partial charge >= 0.3 is 0 Å². The molecule has 0 spiro atoms. The van der Waals surface area contributed by atoms with Gasteiger partial charge in [-0.2, -0.15) is 0 Å². The summed E-state index contributed by atoms with van der Waals surface area (Å²) in [6, 6.07) is 5.04. The third-order valence-corrected chi connectivity index (χ3v) is 4.65. The third kappa shape index (κ3) is 3.10. The van der Waals surface area contributed by atoms with Gasteiger partial charge in [-0.15, -0.1) is 0 Å². The number of hydrogen-bond acceptors (Lipinski definition) is 2. The summed E-state index contributed by atoms with van der Waals surface area (Å²) >= 11 is 5.86. The summed E-state index contributed by atoms with van der Waals surface area (Å²) in [5.41, 5.74) is 1.29. The summed E-state index contributed by atoms with van der Waals surface area (Å²) in [6.07, 6.45) is 2.23. The van der Waals surface area contributed by atoms with E-state index in [1.165, 1.54) is 6.07 Å². The van der Waals surface area contributed by atoms with Crippen LogP contribution in [-0.2, 0) is 6.54 Å². The van der Waals surface area contributed by atoms with Crippen molar-refractivity contribution < 1.29 is 4.39 Å². The van der Waals surface area contributed by atoms with E-state index in [2.05, 4.69) is 24.1 Å². The molecular weight excluding hydrogens is 263 g/mol. The van der Waals surface area contributed by atoms with E-state index in [-0.39, 0.29) is 16.4 Å². The molecule has 1 fully saturated rings. The van der Waals surface area contributed by atoms with Gasteiger partial charge in [-0.1, -0.05) is 31.5 Å². The SMILES string of the molecule is CCC1(CC)CNCCN1Cc1ccc(F)c(Cl)c1. The zero-order valence-electron chi connectivity index (χ0n) is 11.7. The molecule has 1 aliphatic rings. The molecule has 0 atom stereocenters. The van der Waals surface area contributed by atoms with E-state index in [4.69, 9.17) is 11.6 Å². The van der Waals surface area contributed by atoms with Gasteiger partial charge in [-0.05, 0) is 30.5 Å². The topological polar surface area (TPSA) is 15.3 Å². The lowest BCUT2D eigenvalue weighted by Gasteiger charge is -2.47. The zero-order valence-corrected chi connectivity index (χ0v) is 12.4. The highest BCUT2D eigenvalue weighted by Crippen LogP contribution is 2.28. The van der Waals surface area contributed by atoms with Crippen LogP contribution < -0.4 is 5.32 Å². The van der Waals surface area contributed by atoms with Crippen molar-refractivity contribution in [2.24, 2.45) is 0 Å². The van der Waals surface area contributed by atoms with Crippen molar-refractivity contribution in [3.8, 4) is 0 Å². The lowest BCUT2D eigenvalue weighted by atomic mass is 9.88. The lowest BCUT2D eigenvalue weighted by molar-refractivity contribution is 0.0447. The fourth-order valence-corrected chi connectivity index (χ4v) is 3.14. The number of piperazine rings is 1. The highest BCUT2D eigenvalue weighted by Gasteiger charge is 2.35. The average Bonchev–Trinajstić information content (AvgIpc) is 2.44. The first kappa shape index (κ1) is 14.8. The van der Waals surface area contributed by atoms with Gasteiger partial charge in [-0.3, -0.25) is 4.90 Å². The summed E-state index contributed by atoms with van der Waals surface area (Å²) in [5, 5.41) is 3.70. The Hall–Kier alpha value is -0.640. The number of nitrogens with zero attached hydrogens (tertiary/aromatic N) is 1. The minimum absolute atomic E-state index is 0.207. The molecule has 1 aliphatic heterocycles. The molecular formula is C15H22ClFN2. The first-order valence-corrected chi connectivity index (χ1v) is 7.39. The van der Waals surface area contributed by atoms with E-state index in [0.29, 0.717) is 0 Å². The van der Waals surface area contributed by atoms with E-state index in [0.717, 1.165) is 44.6 Å². The highest BCUT2D eigenvalue weighted by atomic mass is 35.5. The van der Waals surface area contributed by atoms with Gasteiger partial charge in [0.15, 0.2) is 0 Å². The van der Waals surface area contributed by atoms with E-state index in [1.54, 1.807) is 6.07 Å². The molecule has 1 aromatic carbocycles. The fraction of sp³-hybridized carbons (Fsp3) is 0.600. The van der Waals surface area contributed by atoms with Crippen LogP contribution in [0.4, 0.5) is 4.39 Å². The number of rotatable bonds is 4. The second kappa shape index (κ2) is 6.21. The molecule has 0 unspecified atom stereocenters. The number of nitrogens with one attached hydrogen (secondary N) is 1. The van der Waals surface area contributed by atoms with Crippen LogP contribution in [0.15, 0.2) is 18.2 Å². The molecule has 1 N–H and O–H groups in total. The Kier molecular flexibility index (Phi) is 4.82. The molecule has 0 saturated carbocycles. The number of hydrogen-bond donors (Lipinski definition) is 1. The second-order valence-corrected chi connectivity index (χ2v) is 5.69. The van der Waals surface area contributed by atoms with E-state index >= 15 is 0 Å². The van der Waals surface area contributed by atoms with Crippen LogP contribution in [0.2, 0.25) is 5.02 Å². The highest BCUT2D eigenvalue weighted by molar-refractivity contribution is 6.30. The van der Waals surface area contributed by atoms with Gasteiger partial charge in [0, 0.05) is 31.7 Å². The van der Waals surface area contributed by atoms with Crippen LogP contribution in [0.1, 0.15) is 32.3 Å². The maximum Gasteiger partial charge on any atom is 0.141 e. The minimum Gasteiger partial charge on any atom is -0.314 e. The van der Waals surface area contributed by atoms with Gasteiger partial charge in [0.1, 0.15) is 5.82 Å². The van der Waals surface area contributed by atoms with Gasteiger partial charge in [0.25, 0.3) is 0 Å². The van der Waals surface area contributed by atoms with Crippen molar-refractivity contribution in [2.75, 3.05) is 19.6 Å². The van der Waals surface area contributed by atoms with Crippen molar-refractivity contribution in [1.82, 2.24) is 10.2 Å².